The molecule has 7 heteroatoms. The Hall–Kier alpha value is -3.87. The monoisotopic (exact) mass is 390 g/mol. The summed E-state index contributed by atoms with van der Waals surface area (Å²) >= 11 is 0. The van der Waals surface area contributed by atoms with Crippen molar-refractivity contribution in [1.82, 2.24) is 10.3 Å². The van der Waals surface area contributed by atoms with Crippen molar-refractivity contribution in [2.24, 2.45) is 4.99 Å². The summed E-state index contributed by atoms with van der Waals surface area (Å²) in [6.07, 6.45) is 3.44. The van der Waals surface area contributed by atoms with Crippen LogP contribution in [-0.2, 0) is 6.54 Å². The number of aromatic nitrogens is 1. The number of para-hydroxylation sites is 1. The molecule has 1 amide bonds. The van der Waals surface area contributed by atoms with Gasteiger partial charge < -0.3 is 14.8 Å². The van der Waals surface area contributed by atoms with E-state index in [-0.39, 0.29) is 5.91 Å². The zero-order valence-corrected chi connectivity index (χ0v) is 16.3. The lowest BCUT2D eigenvalue weighted by atomic mass is 10.2. The molecule has 0 saturated carbocycles. The topological polar surface area (TPSA) is 84.8 Å². The number of carbonyl (C=O) groups excluding carboxylic acids is 1. The van der Waals surface area contributed by atoms with E-state index in [0.717, 1.165) is 11.3 Å². The zero-order valence-electron chi connectivity index (χ0n) is 16.3. The van der Waals surface area contributed by atoms with Crippen LogP contribution in [0.3, 0.4) is 0 Å². The van der Waals surface area contributed by atoms with E-state index in [1.165, 1.54) is 14.2 Å². The molecule has 7 nitrogen and oxygen atoms in total. The quantitative estimate of drug-likeness (QED) is 0.497. The van der Waals surface area contributed by atoms with E-state index in [4.69, 9.17) is 9.47 Å². The van der Waals surface area contributed by atoms with Gasteiger partial charge in [0, 0.05) is 29.7 Å². The molecule has 0 atom stereocenters. The number of benzene rings is 2. The summed E-state index contributed by atoms with van der Waals surface area (Å²) in [6, 6.07) is 18.2. The molecule has 2 N–H and O–H groups in total. The number of ether oxygens (including phenoxy) is 2. The van der Waals surface area contributed by atoms with Crippen LogP contribution in [0, 0.1) is 0 Å². The second-order valence-electron chi connectivity index (χ2n) is 6.07. The van der Waals surface area contributed by atoms with Crippen LogP contribution < -0.4 is 20.1 Å². The van der Waals surface area contributed by atoms with Gasteiger partial charge in [-0.1, -0.05) is 24.3 Å². The first-order valence-electron chi connectivity index (χ1n) is 8.98. The third kappa shape index (κ3) is 5.80. The lowest BCUT2D eigenvalue weighted by molar-refractivity contribution is 0.0976. The Labute approximate surface area is 169 Å². The van der Waals surface area contributed by atoms with Crippen LogP contribution in [0.2, 0.25) is 0 Å². The van der Waals surface area contributed by atoms with E-state index >= 15 is 0 Å². The van der Waals surface area contributed by atoms with Gasteiger partial charge in [-0.05, 0) is 35.9 Å². The van der Waals surface area contributed by atoms with Gasteiger partial charge in [-0.15, -0.1) is 0 Å². The average Bonchev–Trinajstić information content (AvgIpc) is 2.78. The molecule has 29 heavy (non-hydrogen) atoms. The van der Waals surface area contributed by atoms with Gasteiger partial charge in [-0.2, -0.15) is 0 Å². The molecule has 0 spiro atoms. The number of aliphatic imine (C=N–C) groups is 1. The maximum Gasteiger partial charge on any atom is 0.258 e. The molecule has 0 unspecified atom stereocenters. The fourth-order valence-corrected chi connectivity index (χ4v) is 2.55. The predicted octanol–water partition coefficient (Wildman–Crippen LogP) is 3.50. The van der Waals surface area contributed by atoms with Crippen molar-refractivity contribution in [3.05, 3.63) is 84.2 Å². The molecule has 0 saturated heterocycles. The van der Waals surface area contributed by atoms with Crippen LogP contribution in [0.5, 0.6) is 11.5 Å². The van der Waals surface area contributed by atoms with Gasteiger partial charge in [-0.3, -0.25) is 15.1 Å². The summed E-state index contributed by atoms with van der Waals surface area (Å²) in [5.74, 6) is 1.04. The van der Waals surface area contributed by atoms with E-state index in [1.807, 2.05) is 42.5 Å². The van der Waals surface area contributed by atoms with Gasteiger partial charge in [0.05, 0.1) is 20.8 Å². The Morgan fingerprint density at radius 2 is 1.72 bits per heavy atom. The number of amides is 1. The van der Waals surface area contributed by atoms with E-state index in [1.54, 1.807) is 30.6 Å². The van der Waals surface area contributed by atoms with Crippen molar-refractivity contribution in [3.8, 4) is 11.5 Å². The molecule has 2 aromatic carbocycles. The predicted molar refractivity (Wildman–Crippen MR) is 112 cm³/mol. The largest absolute Gasteiger partial charge is 0.497 e. The SMILES string of the molecule is COc1cc(OC)cc(C(=O)NC(=NCc2cccnc2)Nc2ccccc2)c1. The minimum atomic E-state index is -0.337. The normalized spacial score (nSPS) is 10.9. The van der Waals surface area contributed by atoms with Crippen molar-refractivity contribution in [3.63, 3.8) is 0 Å². The highest BCUT2D eigenvalue weighted by Crippen LogP contribution is 2.22. The lowest BCUT2D eigenvalue weighted by Gasteiger charge is -2.13. The Morgan fingerprint density at radius 1 is 1.00 bits per heavy atom. The Balaban J connectivity index is 1.82. The number of nitrogens with zero attached hydrogens (tertiary/aromatic N) is 2. The fourth-order valence-electron chi connectivity index (χ4n) is 2.55. The van der Waals surface area contributed by atoms with Gasteiger partial charge in [-0.25, -0.2) is 4.99 Å². The molecule has 0 aliphatic carbocycles. The first-order valence-corrected chi connectivity index (χ1v) is 8.98. The minimum Gasteiger partial charge on any atom is -0.497 e. The zero-order chi connectivity index (χ0) is 20.5. The number of anilines is 1. The maximum absolute atomic E-state index is 12.8. The van der Waals surface area contributed by atoms with Crippen molar-refractivity contribution in [1.29, 1.82) is 0 Å². The van der Waals surface area contributed by atoms with Crippen LogP contribution >= 0.6 is 0 Å². The first kappa shape index (κ1) is 19.9. The summed E-state index contributed by atoms with van der Waals surface area (Å²) in [5.41, 5.74) is 2.13. The number of methoxy groups -OCH3 is 2. The van der Waals surface area contributed by atoms with Crippen LogP contribution in [-0.4, -0.2) is 31.1 Å². The Morgan fingerprint density at radius 3 is 2.34 bits per heavy atom. The molecule has 3 rings (SSSR count). The summed E-state index contributed by atoms with van der Waals surface area (Å²) in [6.45, 7) is 0.366. The van der Waals surface area contributed by atoms with Gasteiger partial charge in [0.25, 0.3) is 5.91 Å². The van der Waals surface area contributed by atoms with Crippen LogP contribution in [0.4, 0.5) is 5.69 Å². The van der Waals surface area contributed by atoms with Crippen LogP contribution in [0.1, 0.15) is 15.9 Å². The van der Waals surface area contributed by atoms with Crippen LogP contribution in [0.15, 0.2) is 78.0 Å². The average molecular weight is 390 g/mol. The fraction of sp³-hybridized carbons (Fsp3) is 0.136. The van der Waals surface area contributed by atoms with E-state index in [0.29, 0.717) is 29.6 Å². The van der Waals surface area contributed by atoms with Gasteiger partial charge in [0.1, 0.15) is 11.5 Å². The lowest BCUT2D eigenvalue weighted by Crippen LogP contribution is -2.36. The highest BCUT2D eigenvalue weighted by Gasteiger charge is 2.12. The molecular weight excluding hydrogens is 368 g/mol. The maximum atomic E-state index is 12.8. The number of rotatable bonds is 6. The number of hydrogen-bond acceptors (Lipinski definition) is 5. The molecule has 3 aromatic rings. The summed E-state index contributed by atoms with van der Waals surface area (Å²) in [7, 11) is 3.07. The first-order chi connectivity index (χ1) is 14.2. The molecule has 148 valence electrons. The second kappa shape index (κ2) is 9.89. The molecule has 0 bridgehead atoms. The number of nitrogens with one attached hydrogen (secondary N) is 2. The smallest absolute Gasteiger partial charge is 0.258 e. The standard InChI is InChI=1S/C22H22N4O3/c1-28-19-11-17(12-20(13-19)29-2)21(27)26-22(25-18-8-4-3-5-9-18)24-15-16-7-6-10-23-14-16/h3-14H,15H2,1-2H3,(H2,24,25,26,27). The molecule has 0 aliphatic heterocycles. The highest BCUT2D eigenvalue weighted by molar-refractivity contribution is 6.10. The van der Waals surface area contributed by atoms with Gasteiger partial charge >= 0.3 is 0 Å². The van der Waals surface area contributed by atoms with E-state index in [2.05, 4.69) is 20.6 Å². The summed E-state index contributed by atoms with van der Waals surface area (Å²) < 4.78 is 10.5. The minimum absolute atomic E-state index is 0.326. The Kier molecular flexibility index (Phi) is 6.78. The number of guanidine groups is 1. The van der Waals surface area contributed by atoms with E-state index in [9.17, 15) is 4.79 Å². The van der Waals surface area contributed by atoms with Gasteiger partial charge in [0.15, 0.2) is 0 Å². The number of pyridine rings is 1. The third-order valence-electron chi connectivity index (χ3n) is 4.02. The molecule has 0 aliphatic rings. The van der Waals surface area contributed by atoms with Crippen molar-refractivity contribution in [2.45, 2.75) is 6.54 Å². The molecular formula is C22H22N4O3. The summed E-state index contributed by atoms with van der Waals surface area (Å²) in [4.78, 5) is 21.4. The molecule has 1 aromatic heterocycles. The second-order valence-corrected chi connectivity index (χ2v) is 6.07. The van der Waals surface area contributed by atoms with Crippen LogP contribution in [0.25, 0.3) is 0 Å². The van der Waals surface area contributed by atoms with Gasteiger partial charge in [0.2, 0.25) is 5.96 Å². The molecule has 1 heterocycles. The summed E-state index contributed by atoms with van der Waals surface area (Å²) in [5, 5.41) is 5.97. The van der Waals surface area contributed by atoms with Crippen molar-refractivity contribution in [2.75, 3.05) is 19.5 Å². The van der Waals surface area contributed by atoms with E-state index < -0.39 is 0 Å². The highest BCUT2D eigenvalue weighted by atomic mass is 16.5. The Bertz CT molecular complexity index is 954. The van der Waals surface area contributed by atoms with Crippen molar-refractivity contribution < 1.29 is 14.3 Å². The van der Waals surface area contributed by atoms with Crippen molar-refractivity contribution >= 4 is 17.6 Å². The molecule has 0 radical (unpaired) electrons. The third-order valence-corrected chi connectivity index (χ3v) is 4.02. The number of hydrogen-bond donors (Lipinski definition) is 2. The number of carbonyl (C=O) groups is 1. The molecule has 0 fully saturated rings.